The second-order valence-corrected chi connectivity index (χ2v) is 2.57. The average molecular weight is 176 g/mol. The Bertz CT molecular complexity index is 140. The molecule has 0 radical (unpaired) electrons. The largest absolute Gasteiger partial charge is 0.379 e. The van der Waals surface area contributed by atoms with Gasteiger partial charge in [0, 0.05) is 6.54 Å². The highest BCUT2D eigenvalue weighted by Crippen LogP contribution is 1.79. The van der Waals surface area contributed by atoms with Crippen molar-refractivity contribution in [1.82, 2.24) is 5.32 Å². The smallest absolute Gasteiger partial charge is 0.235 e. The van der Waals surface area contributed by atoms with E-state index in [1.807, 2.05) is 0 Å². The van der Waals surface area contributed by atoms with E-state index in [2.05, 4.69) is 5.32 Å². The summed E-state index contributed by atoms with van der Waals surface area (Å²) in [5.41, 5.74) is 15.3. The Morgan fingerprint density at radius 1 is 1.50 bits per heavy atom. The van der Waals surface area contributed by atoms with Crippen molar-refractivity contribution in [2.24, 2.45) is 17.2 Å². The normalized spacial score (nSPS) is 15.6. The lowest BCUT2D eigenvalue weighted by Crippen LogP contribution is -2.44. The molecule has 0 aliphatic heterocycles. The molecule has 0 fully saturated rings. The summed E-state index contributed by atoms with van der Waals surface area (Å²) in [5, 5.41) is 11.5. The first-order chi connectivity index (χ1) is 5.54. The van der Waals surface area contributed by atoms with Gasteiger partial charge >= 0.3 is 0 Å². The molecular formula is C6H16N4O2. The minimum atomic E-state index is -0.831. The molecule has 0 rings (SSSR count). The minimum Gasteiger partial charge on any atom is -0.379 e. The van der Waals surface area contributed by atoms with E-state index in [1.54, 1.807) is 0 Å². The lowest BCUT2D eigenvalue weighted by Gasteiger charge is -2.09. The molecule has 1 amide bonds. The van der Waals surface area contributed by atoms with Gasteiger partial charge in [-0.15, -0.1) is 0 Å². The molecule has 0 aromatic rings. The quantitative estimate of drug-likeness (QED) is 0.218. The Kier molecular flexibility index (Phi) is 5.56. The topological polar surface area (TPSA) is 127 Å². The van der Waals surface area contributed by atoms with Gasteiger partial charge in [0.05, 0.1) is 6.04 Å². The first-order valence-electron chi connectivity index (χ1n) is 3.73. The summed E-state index contributed by atoms with van der Waals surface area (Å²) in [4.78, 5) is 10.4. The van der Waals surface area contributed by atoms with Gasteiger partial charge in [0.15, 0.2) is 0 Å². The number of nitrogens with two attached hydrogens (primary N) is 3. The summed E-state index contributed by atoms with van der Waals surface area (Å²) in [6, 6.07) is -0.681. The fraction of sp³-hybridized carbons (Fsp3) is 0.833. The number of carbonyl (C=O) groups excluding carboxylic acids is 1. The second kappa shape index (κ2) is 5.90. The maximum atomic E-state index is 10.4. The Morgan fingerprint density at radius 2 is 2.08 bits per heavy atom. The highest BCUT2D eigenvalue weighted by molar-refractivity contribution is 5.79. The van der Waals surface area contributed by atoms with Crippen molar-refractivity contribution in [2.45, 2.75) is 18.7 Å². The van der Waals surface area contributed by atoms with Crippen LogP contribution in [0, 0.1) is 0 Å². The van der Waals surface area contributed by atoms with Crippen LogP contribution < -0.4 is 22.5 Å². The highest BCUT2D eigenvalue weighted by atomic mass is 16.3. The van der Waals surface area contributed by atoms with E-state index in [0.29, 0.717) is 19.5 Å². The molecule has 1 unspecified atom stereocenters. The molecule has 0 bridgehead atoms. The van der Waals surface area contributed by atoms with Crippen LogP contribution in [0.2, 0.25) is 0 Å². The first kappa shape index (κ1) is 11.3. The monoisotopic (exact) mass is 176 g/mol. The van der Waals surface area contributed by atoms with E-state index >= 15 is 0 Å². The average Bonchev–Trinajstić information content (AvgIpc) is 1.97. The third kappa shape index (κ3) is 6.05. The molecule has 0 saturated carbocycles. The van der Waals surface area contributed by atoms with Crippen molar-refractivity contribution in [1.29, 1.82) is 0 Å². The van der Waals surface area contributed by atoms with Crippen molar-refractivity contribution < 1.29 is 9.90 Å². The van der Waals surface area contributed by atoms with Crippen LogP contribution in [0.5, 0.6) is 0 Å². The van der Waals surface area contributed by atoms with E-state index in [9.17, 15) is 4.79 Å². The van der Waals surface area contributed by atoms with Crippen LogP contribution in [0.3, 0.4) is 0 Å². The number of amides is 1. The Labute approximate surface area is 71.1 Å². The number of hydrogen-bond donors (Lipinski definition) is 5. The fourth-order valence-electron chi connectivity index (χ4n) is 0.608. The van der Waals surface area contributed by atoms with E-state index in [1.165, 1.54) is 0 Å². The van der Waals surface area contributed by atoms with Crippen LogP contribution >= 0.6 is 0 Å². The van der Waals surface area contributed by atoms with E-state index in [4.69, 9.17) is 22.3 Å². The van der Waals surface area contributed by atoms with Gasteiger partial charge in [0.2, 0.25) is 5.91 Å². The van der Waals surface area contributed by atoms with Crippen LogP contribution in [0.4, 0.5) is 0 Å². The molecular weight excluding hydrogens is 160 g/mol. The van der Waals surface area contributed by atoms with Crippen LogP contribution in [0.15, 0.2) is 0 Å². The lowest BCUT2D eigenvalue weighted by atomic mass is 10.3. The van der Waals surface area contributed by atoms with Crippen molar-refractivity contribution in [3.63, 3.8) is 0 Å². The number of primary amides is 1. The molecule has 0 heterocycles. The third-order valence-corrected chi connectivity index (χ3v) is 1.35. The van der Waals surface area contributed by atoms with Crippen LogP contribution in [-0.2, 0) is 4.79 Å². The third-order valence-electron chi connectivity index (χ3n) is 1.35. The van der Waals surface area contributed by atoms with Crippen molar-refractivity contribution in [2.75, 3.05) is 13.1 Å². The molecule has 6 heteroatoms. The molecule has 6 nitrogen and oxygen atoms in total. The Balaban J connectivity index is 3.25. The lowest BCUT2D eigenvalue weighted by molar-refractivity contribution is -0.119. The molecule has 2 atom stereocenters. The van der Waals surface area contributed by atoms with Gasteiger partial charge in [-0.2, -0.15) is 0 Å². The Hall–Kier alpha value is -0.690. The summed E-state index contributed by atoms with van der Waals surface area (Å²) in [6.07, 6.45) is -0.409. The molecule has 0 aliphatic carbocycles. The number of rotatable bonds is 6. The number of aliphatic hydroxyl groups excluding tert-OH is 1. The predicted molar refractivity (Wildman–Crippen MR) is 44.9 cm³/mol. The molecule has 0 aromatic heterocycles. The summed E-state index contributed by atoms with van der Waals surface area (Å²) in [7, 11) is 0. The van der Waals surface area contributed by atoms with Gasteiger partial charge < -0.3 is 27.6 Å². The van der Waals surface area contributed by atoms with Gasteiger partial charge in [-0.25, -0.2) is 0 Å². The summed E-state index contributed by atoms with van der Waals surface area (Å²) < 4.78 is 0. The zero-order chi connectivity index (χ0) is 9.56. The van der Waals surface area contributed by atoms with Gasteiger partial charge in [0.25, 0.3) is 0 Å². The second-order valence-electron chi connectivity index (χ2n) is 2.57. The van der Waals surface area contributed by atoms with Gasteiger partial charge in [-0.05, 0) is 13.0 Å². The zero-order valence-corrected chi connectivity index (χ0v) is 6.86. The molecule has 72 valence electrons. The Morgan fingerprint density at radius 3 is 2.50 bits per heavy atom. The highest BCUT2D eigenvalue weighted by Gasteiger charge is 2.07. The maximum Gasteiger partial charge on any atom is 0.235 e. The number of nitrogens with one attached hydrogen (secondary N) is 1. The maximum absolute atomic E-state index is 10.4. The van der Waals surface area contributed by atoms with Gasteiger partial charge in [-0.3, -0.25) is 4.79 Å². The van der Waals surface area contributed by atoms with E-state index in [-0.39, 0.29) is 0 Å². The number of hydrogen-bond acceptors (Lipinski definition) is 5. The van der Waals surface area contributed by atoms with Crippen LogP contribution in [-0.4, -0.2) is 36.4 Å². The van der Waals surface area contributed by atoms with E-state index in [0.717, 1.165) is 0 Å². The summed E-state index contributed by atoms with van der Waals surface area (Å²) >= 11 is 0. The predicted octanol–water partition coefficient (Wildman–Crippen LogP) is -2.94. The van der Waals surface area contributed by atoms with Crippen LogP contribution in [0.1, 0.15) is 6.42 Å². The van der Waals surface area contributed by atoms with Crippen molar-refractivity contribution >= 4 is 5.91 Å². The summed E-state index contributed by atoms with van der Waals surface area (Å²) in [6.45, 7) is 0.820. The SMILES string of the molecule is NC(=O)[C@@H](N)CNCCC(N)O. The van der Waals surface area contributed by atoms with Crippen LogP contribution in [0.25, 0.3) is 0 Å². The molecule has 8 N–H and O–H groups in total. The number of aliphatic hydroxyl groups is 1. The first-order valence-corrected chi connectivity index (χ1v) is 3.73. The molecule has 0 aliphatic rings. The van der Waals surface area contributed by atoms with Gasteiger partial charge in [0.1, 0.15) is 6.23 Å². The standard InChI is InChI=1S/C6H16N4O2/c7-4(6(9)12)3-10-2-1-5(8)11/h4-5,10-11H,1-3,7-8H2,(H2,9,12)/t4-,5?/m0/s1. The molecule has 0 saturated heterocycles. The van der Waals surface area contributed by atoms with E-state index < -0.39 is 18.2 Å². The summed E-state index contributed by atoms with van der Waals surface area (Å²) in [5.74, 6) is -0.546. The molecule has 0 aromatic carbocycles. The molecule has 12 heavy (non-hydrogen) atoms. The molecule has 0 spiro atoms. The minimum absolute atomic E-state index is 0.308. The van der Waals surface area contributed by atoms with Gasteiger partial charge in [-0.1, -0.05) is 0 Å². The number of carbonyl (C=O) groups is 1. The zero-order valence-electron chi connectivity index (χ0n) is 6.86. The fourth-order valence-corrected chi connectivity index (χ4v) is 0.608. The van der Waals surface area contributed by atoms with Crippen molar-refractivity contribution in [3.8, 4) is 0 Å². The van der Waals surface area contributed by atoms with Crippen molar-refractivity contribution in [3.05, 3.63) is 0 Å².